The van der Waals surface area contributed by atoms with Gasteiger partial charge in [0.05, 0.1) is 33.8 Å². The quantitative estimate of drug-likeness (QED) is 0.0205. The minimum Gasteiger partial charge on any atom is -0.456 e. The van der Waals surface area contributed by atoms with Crippen LogP contribution in [0, 0.1) is 0 Å². The van der Waals surface area contributed by atoms with Crippen LogP contribution in [-0.4, -0.2) is 74.3 Å². The second-order valence-electron chi connectivity index (χ2n) is 24.6. The number of likely N-dealkylation sites (N-methyl/N-ethyl adjacent to an activating group) is 1. The second-order valence-corrected chi connectivity index (χ2v) is 26.1. The van der Waals surface area contributed by atoms with E-state index >= 15 is 0 Å². The Morgan fingerprint density at radius 2 is 0.727 bits per heavy atom. The van der Waals surface area contributed by atoms with E-state index in [0.29, 0.717) is 23.9 Å². The second kappa shape index (κ2) is 65.8. The number of nitrogens with zero attached hydrogens (tertiary/aromatic N) is 1. The molecule has 0 aliphatic rings. The zero-order chi connectivity index (χ0) is 64.2. The molecule has 0 aliphatic heterocycles. The van der Waals surface area contributed by atoms with Gasteiger partial charge in [0.25, 0.3) is 0 Å². The van der Waals surface area contributed by atoms with Gasteiger partial charge < -0.3 is 19.4 Å². The summed E-state index contributed by atoms with van der Waals surface area (Å²) in [7, 11) is 1.46. The third kappa shape index (κ3) is 66.3. The van der Waals surface area contributed by atoms with Gasteiger partial charge >= 0.3 is 13.8 Å². The molecule has 3 unspecified atom stereocenters. The molecule has 0 saturated heterocycles. The molecule has 0 heterocycles. The van der Waals surface area contributed by atoms with E-state index in [1.54, 1.807) is 0 Å². The highest BCUT2D eigenvalue weighted by Gasteiger charge is 2.30. The third-order valence-corrected chi connectivity index (χ3v) is 16.0. The summed E-state index contributed by atoms with van der Waals surface area (Å²) in [6.45, 7) is 6.76. The minimum absolute atomic E-state index is 0.0268. The molecule has 0 bridgehead atoms. The SMILES string of the molecule is CC/C=C\C/C=C\C/C=C\C/C=C\C/C=C\C/C=C\CCCCCCC(=O)NC(COP(=O)(O)OCC[N+](C)(C)C)C(/C=C/CCCCCCCCCCCC)OC(=O)CCCCCCCCCCCCC/C=C\C/C=C\C/C=C\C/C=C\C/C=C\CC. The molecular weight excluding hydrogens is 1110 g/mol. The van der Waals surface area contributed by atoms with Gasteiger partial charge in [0.2, 0.25) is 5.91 Å². The van der Waals surface area contributed by atoms with E-state index in [9.17, 15) is 19.0 Å². The van der Waals surface area contributed by atoms with Crippen molar-refractivity contribution in [2.45, 2.75) is 296 Å². The number of phosphoric acid groups is 1. The highest BCUT2D eigenvalue weighted by Crippen LogP contribution is 2.43. The first kappa shape index (κ1) is 83.9. The van der Waals surface area contributed by atoms with Crippen LogP contribution in [-0.2, 0) is 27.9 Å². The fourth-order valence-electron chi connectivity index (χ4n) is 9.62. The molecule has 0 aromatic rings. The third-order valence-electron chi connectivity index (χ3n) is 15.0. The average Bonchev–Trinajstić information content (AvgIpc) is 3.53. The number of phosphoric ester groups is 1. The molecular formula is C78H134N2O7P+. The first-order chi connectivity index (χ1) is 42.9. The zero-order valence-corrected chi connectivity index (χ0v) is 58.3. The molecule has 0 aromatic carbocycles. The Kier molecular flexibility index (Phi) is 62.8. The van der Waals surface area contributed by atoms with Crippen LogP contribution in [0.3, 0.4) is 0 Å². The molecule has 0 radical (unpaired) electrons. The number of carbonyl (C=O) groups excluding carboxylic acids is 2. The Labute approximate surface area is 542 Å². The summed E-state index contributed by atoms with van der Waals surface area (Å²) in [5, 5.41) is 3.05. The summed E-state index contributed by atoms with van der Waals surface area (Å²) >= 11 is 0. The molecule has 3 atom stereocenters. The molecule has 9 nitrogen and oxygen atoms in total. The normalized spacial score (nSPS) is 14.4. The lowest BCUT2D eigenvalue weighted by Gasteiger charge is -2.27. The lowest BCUT2D eigenvalue weighted by atomic mass is 10.0. The van der Waals surface area contributed by atoms with Gasteiger partial charge in [-0.3, -0.25) is 18.6 Å². The van der Waals surface area contributed by atoms with Crippen molar-refractivity contribution in [2.24, 2.45) is 0 Å². The van der Waals surface area contributed by atoms with Crippen LogP contribution in [0.2, 0.25) is 0 Å². The van der Waals surface area contributed by atoms with Crippen molar-refractivity contribution in [3.8, 4) is 0 Å². The number of esters is 1. The molecule has 88 heavy (non-hydrogen) atoms. The van der Waals surface area contributed by atoms with Crippen LogP contribution in [0.5, 0.6) is 0 Å². The molecule has 0 saturated carbocycles. The monoisotopic (exact) mass is 1240 g/mol. The van der Waals surface area contributed by atoms with E-state index in [-0.39, 0.29) is 31.5 Å². The molecule has 0 aliphatic carbocycles. The number of allylic oxidation sites excluding steroid dienone is 23. The van der Waals surface area contributed by atoms with Crippen LogP contribution in [0.15, 0.2) is 146 Å². The van der Waals surface area contributed by atoms with Gasteiger partial charge in [-0.25, -0.2) is 4.57 Å². The maximum Gasteiger partial charge on any atom is 0.472 e. The van der Waals surface area contributed by atoms with Crippen LogP contribution < -0.4 is 5.32 Å². The maximum absolute atomic E-state index is 13.6. The molecule has 0 fully saturated rings. The van der Waals surface area contributed by atoms with Crippen molar-refractivity contribution in [2.75, 3.05) is 40.9 Å². The summed E-state index contributed by atoms with van der Waals surface area (Å²) in [6, 6.07) is -0.875. The number of rotatable bonds is 63. The van der Waals surface area contributed by atoms with E-state index in [0.717, 1.165) is 148 Å². The number of hydrogen-bond donors (Lipinski definition) is 2. The summed E-state index contributed by atoms with van der Waals surface area (Å²) < 4.78 is 30.8. The van der Waals surface area contributed by atoms with Gasteiger partial charge in [-0.05, 0) is 128 Å². The number of unbranched alkanes of at least 4 members (excludes halogenated alkanes) is 25. The first-order valence-corrected chi connectivity index (χ1v) is 37.2. The number of nitrogens with one attached hydrogen (secondary N) is 1. The van der Waals surface area contributed by atoms with Crippen molar-refractivity contribution >= 4 is 19.7 Å². The van der Waals surface area contributed by atoms with Crippen LogP contribution in [0.25, 0.3) is 0 Å². The van der Waals surface area contributed by atoms with Crippen LogP contribution >= 0.6 is 7.82 Å². The van der Waals surface area contributed by atoms with Gasteiger partial charge in [0.15, 0.2) is 0 Å². The molecule has 0 rings (SSSR count). The van der Waals surface area contributed by atoms with E-state index in [4.69, 9.17) is 13.8 Å². The van der Waals surface area contributed by atoms with Crippen molar-refractivity contribution in [3.05, 3.63) is 146 Å². The Hall–Kier alpha value is -4.11. The number of amides is 1. The Bertz CT molecular complexity index is 2020. The molecule has 502 valence electrons. The molecule has 0 aromatic heterocycles. The molecule has 0 spiro atoms. The standard InChI is InChI=1S/C78H133N2O7P/c1-7-10-13-16-19-22-25-28-30-32-34-36-38-39-40-41-43-45-47-49-51-53-56-59-62-65-68-71-78(82)87-76(69-66-63-60-57-54-27-24-21-18-15-12-9-3)75(74-86-88(83,84)85-73-72-80(4,5)6)79-77(81)70-67-64-61-58-55-52-50-48-46-44-42-37-35-33-31-29-26-23-20-17-14-11-8-2/h10-11,13-14,19-20,22-23,28-31,34-37,39-40,44,46,50,52,66,69,75-76H,7-9,12,15-18,21,24-27,32-33,38,41-43,45,47-49,51,53-65,67-68,70-74H2,1-6H3,(H-,79,81,83,84)/p+1/b13-10-,14-11-,22-19-,23-20-,30-28-,31-29-,36-34-,37-35-,40-39-,46-44-,52-50-,69-66+. The average molecular weight is 1240 g/mol. The molecule has 10 heteroatoms. The predicted molar refractivity (Wildman–Crippen MR) is 382 cm³/mol. The lowest BCUT2D eigenvalue weighted by Crippen LogP contribution is -2.47. The van der Waals surface area contributed by atoms with Crippen molar-refractivity contribution < 1.29 is 37.3 Å². The van der Waals surface area contributed by atoms with Gasteiger partial charge in [-0.15, -0.1) is 0 Å². The Morgan fingerprint density at radius 1 is 0.409 bits per heavy atom. The number of quaternary nitrogens is 1. The van der Waals surface area contributed by atoms with E-state index in [2.05, 4.69) is 160 Å². The van der Waals surface area contributed by atoms with Crippen molar-refractivity contribution in [1.82, 2.24) is 5.32 Å². The fraction of sp³-hybridized carbons (Fsp3) is 0.667. The van der Waals surface area contributed by atoms with Crippen LogP contribution in [0.1, 0.15) is 284 Å². The summed E-state index contributed by atoms with van der Waals surface area (Å²) in [5.74, 6) is -0.543. The minimum atomic E-state index is -4.47. The molecule has 2 N–H and O–H groups in total. The van der Waals surface area contributed by atoms with Crippen LogP contribution in [0.4, 0.5) is 0 Å². The van der Waals surface area contributed by atoms with E-state index in [1.165, 1.54) is 96.3 Å². The van der Waals surface area contributed by atoms with Gasteiger partial charge in [0, 0.05) is 12.8 Å². The van der Waals surface area contributed by atoms with Gasteiger partial charge in [-0.1, -0.05) is 289 Å². The lowest BCUT2D eigenvalue weighted by molar-refractivity contribution is -0.870. The van der Waals surface area contributed by atoms with E-state index in [1.807, 2.05) is 33.3 Å². The molecule has 1 amide bonds. The van der Waals surface area contributed by atoms with Gasteiger partial charge in [0.1, 0.15) is 19.3 Å². The maximum atomic E-state index is 13.6. The highest BCUT2D eigenvalue weighted by atomic mass is 31.2. The fourth-order valence-corrected chi connectivity index (χ4v) is 10.4. The largest absolute Gasteiger partial charge is 0.472 e. The highest BCUT2D eigenvalue weighted by molar-refractivity contribution is 7.47. The predicted octanol–water partition coefficient (Wildman–Crippen LogP) is 23.0. The number of ether oxygens (including phenoxy) is 1. The Morgan fingerprint density at radius 3 is 1.09 bits per heavy atom. The number of hydrogen-bond acceptors (Lipinski definition) is 6. The summed E-state index contributed by atoms with van der Waals surface area (Å²) in [4.78, 5) is 37.9. The number of carbonyl (C=O) groups is 2. The smallest absolute Gasteiger partial charge is 0.456 e. The summed E-state index contributed by atoms with van der Waals surface area (Å²) in [6.07, 6.45) is 95.7. The van der Waals surface area contributed by atoms with Crippen molar-refractivity contribution in [3.63, 3.8) is 0 Å². The van der Waals surface area contributed by atoms with E-state index < -0.39 is 20.0 Å². The summed E-state index contributed by atoms with van der Waals surface area (Å²) in [5.41, 5.74) is 0. The topological polar surface area (TPSA) is 111 Å². The first-order valence-electron chi connectivity index (χ1n) is 35.7. The zero-order valence-electron chi connectivity index (χ0n) is 57.4. The Balaban J connectivity index is 5.13. The van der Waals surface area contributed by atoms with Gasteiger partial charge in [-0.2, -0.15) is 0 Å². The van der Waals surface area contributed by atoms with Crippen molar-refractivity contribution in [1.29, 1.82) is 0 Å².